The van der Waals surface area contributed by atoms with Gasteiger partial charge in [-0.2, -0.15) is 0 Å². The fourth-order valence-corrected chi connectivity index (χ4v) is 3.18. The van der Waals surface area contributed by atoms with Gasteiger partial charge in [-0.25, -0.2) is 0 Å². The SMILES string of the molecule is O=C1CCC2(CCC(NCc3ccoc3)CC2)N1. The Bertz CT molecular complexity index is 405. The van der Waals surface area contributed by atoms with E-state index < -0.39 is 0 Å². The predicted octanol–water partition coefficient (Wildman–Crippen LogP) is 1.96. The first-order valence-electron chi connectivity index (χ1n) is 6.81. The molecule has 18 heavy (non-hydrogen) atoms. The Morgan fingerprint density at radius 1 is 1.39 bits per heavy atom. The van der Waals surface area contributed by atoms with E-state index in [1.165, 1.54) is 5.56 Å². The van der Waals surface area contributed by atoms with Crippen LogP contribution in [0.4, 0.5) is 0 Å². The monoisotopic (exact) mass is 248 g/mol. The molecule has 4 nitrogen and oxygen atoms in total. The van der Waals surface area contributed by atoms with Crippen LogP contribution in [-0.4, -0.2) is 17.5 Å². The smallest absolute Gasteiger partial charge is 0.220 e. The first kappa shape index (κ1) is 11.8. The van der Waals surface area contributed by atoms with Crippen molar-refractivity contribution in [2.24, 2.45) is 0 Å². The highest BCUT2D eigenvalue weighted by atomic mass is 16.3. The quantitative estimate of drug-likeness (QED) is 0.859. The van der Waals surface area contributed by atoms with Gasteiger partial charge in [0, 0.05) is 30.1 Å². The van der Waals surface area contributed by atoms with E-state index in [0.717, 1.165) is 38.6 Å². The number of rotatable bonds is 3. The lowest BCUT2D eigenvalue weighted by atomic mass is 9.78. The molecule has 3 rings (SSSR count). The van der Waals surface area contributed by atoms with E-state index >= 15 is 0 Å². The number of nitrogens with one attached hydrogen (secondary N) is 2. The second kappa shape index (κ2) is 4.76. The Labute approximate surface area is 107 Å². The number of hydrogen-bond donors (Lipinski definition) is 2. The molecule has 2 heterocycles. The molecule has 4 heteroatoms. The molecule has 2 N–H and O–H groups in total. The van der Waals surface area contributed by atoms with Crippen LogP contribution in [-0.2, 0) is 11.3 Å². The molecule has 1 aliphatic carbocycles. The lowest BCUT2D eigenvalue weighted by Crippen LogP contribution is -2.47. The van der Waals surface area contributed by atoms with E-state index in [4.69, 9.17) is 4.42 Å². The second-order valence-corrected chi connectivity index (χ2v) is 5.62. The van der Waals surface area contributed by atoms with Gasteiger partial charge in [0.25, 0.3) is 0 Å². The minimum absolute atomic E-state index is 0.130. The van der Waals surface area contributed by atoms with Crippen molar-refractivity contribution in [1.82, 2.24) is 10.6 Å². The van der Waals surface area contributed by atoms with Gasteiger partial charge in [0.1, 0.15) is 0 Å². The van der Waals surface area contributed by atoms with E-state index in [1.54, 1.807) is 12.5 Å². The Kier molecular flexibility index (Phi) is 3.12. The van der Waals surface area contributed by atoms with Crippen molar-refractivity contribution < 1.29 is 9.21 Å². The summed E-state index contributed by atoms with van der Waals surface area (Å²) in [4.78, 5) is 11.3. The van der Waals surface area contributed by atoms with E-state index in [-0.39, 0.29) is 11.4 Å². The summed E-state index contributed by atoms with van der Waals surface area (Å²) in [6, 6.07) is 2.57. The topological polar surface area (TPSA) is 54.3 Å². The summed E-state index contributed by atoms with van der Waals surface area (Å²) in [5.41, 5.74) is 1.33. The van der Waals surface area contributed by atoms with E-state index in [1.807, 2.05) is 6.07 Å². The number of carbonyl (C=O) groups excluding carboxylic acids is 1. The first-order valence-corrected chi connectivity index (χ1v) is 6.81. The maximum Gasteiger partial charge on any atom is 0.220 e. The van der Waals surface area contributed by atoms with Crippen molar-refractivity contribution in [2.45, 2.75) is 56.7 Å². The standard InChI is InChI=1S/C14H20N2O2/c17-13-3-7-14(16-13)5-1-12(2-6-14)15-9-11-4-8-18-10-11/h4,8,10,12,15H,1-3,5-7,9H2,(H,16,17). The van der Waals surface area contributed by atoms with Gasteiger partial charge in [-0.1, -0.05) is 0 Å². The normalized spacial score (nSPS) is 31.8. The summed E-state index contributed by atoms with van der Waals surface area (Å²) >= 11 is 0. The molecule has 1 aromatic heterocycles. The number of furan rings is 1. The van der Waals surface area contributed by atoms with Gasteiger partial charge in [-0.05, 0) is 38.2 Å². The minimum atomic E-state index is 0.130. The molecule has 2 fully saturated rings. The number of hydrogen-bond acceptors (Lipinski definition) is 3. The maximum atomic E-state index is 11.3. The van der Waals surface area contributed by atoms with Crippen LogP contribution in [0.2, 0.25) is 0 Å². The average molecular weight is 248 g/mol. The van der Waals surface area contributed by atoms with Crippen molar-refractivity contribution in [3.8, 4) is 0 Å². The molecule has 1 aliphatic heterocycles. The summed E-state index contributed by atoms with van der Waals surface area (Å²) in [5, 5.41) is 6.75. The van der Waals surface area contributed by atoms with Crippen LogP contribution in [0.25, 0.3) is 0 Å². The zero-order valence-electron chi connectivity index (χ0n) is 10.6. The molecule has 0 aromatic carbocycles. The highest BCUT2D eigenvalue weighted by Gasteiger charge is 2.40. The van der Waals surface area contributed by atoms with Gasteiger partial charge in [0.2, 0.25) is 5.91 Å². The Morgan fingerprint density at radius 3 is 2.83 bits per heavy atom. The fourth-order valence-electron chi connectivity index (χ4n) is 3.18. The molecule has 0 unspecified atom stereocenters. The van der Waals surface area contributed by atoms with Gasteiger partial charge >= 0.3 is 0 Å². The second-order valence-electron chi connectivity index (χ2n) is 5.62. The third-order valence-electron chi connectivity index (χ3n) is 4.35. The van der Waals surface area contributed by atoms with Gasteiger partial charge in [-0.3, -0.25) is 4.79 Å². The highest BCUT2D eigenvalue weighted by molar-refractivity contribution is 5.79. The lowest BCUT2D eigenvalue weighted by Gasteiger charge is -2.37. The average Bonchev–Trinajstić information content (AvgIpc) is 3.00. The molecule has 2 aliphatic rings. The molecule has 98 valence electrons. The summed E-state index contributed by atoms with van der Waals surface area (Å²) in [7, 11) is 0. The van der Waals surface area contributed by atoms with E-state index in [2.05, 4.69) is 10.6 Å². The van der Waals surface area contributed by atoms with Crippen molar-refractivity contribution in [3.05, 3.63) is 24.2 Å². The van der Waals surface area contributed by atoms with Crippen LogP contribution in [0.5, 0.6) is 0 Å². The van der Waals surface area contributed by atoms with E-state index in [9.17, 15) is 4.79 Å². The van der Waals surface area contributed by atoms with Crippen LogP contribution < -0.4 is 10.6 Å². The fraction of sp³-hybridized carbons (Fsp3) is 0.643. The molecule has 0 atom stereocenters. The van der Waals surface area contributed by atoms with Crippen LogP contribution >= 0.6 is 0 Å². The van der Waals surface area contributed by atoms with Crippen molar-refractivity contribution in [2.75, 3.05) is 0 Å². The van der Waals surface area contributed by atoms with Gasteiger partial charge < -0.3 is 15.1 Å². The van der Waals surface area contributed by atoms with E-state index in [0.29, 0.717) is 12.5 Å². The van der Waals surface area contributed by atoms with Gasteiger partial charge in [0.15, 0.2) is 0 Å². The van der Waals surface area contributed by atoms with Gasteiger partial charge in [0.05, 0.1) is 12.5 Å². The molecular formula is C14H20N2O2. The molecule has 1 aromatic rings. The summed E-state index contributed by atoms with van der Waals surface area (Å²) in [6.07, 6.45) is 9.77. The van der Waals surface area contributed by atoms with Crippen molar-refractivity contribution >= 4 is 5.91 Å². The van der Waals surface area contributed by atoms with Crippen LogP contribution in [0.3, 0.4) is 0 Å². The first-order chi connectivity index (χ1) is 8.76. The Hall–Kier alpha value is -1.29. The highest BCUT2D eigenvalue weighted by Crippen LogP contribution is 2.35. The molecule has 0 radical (unpaired) electrons. The Morgan fingerprint density at radius 2 is 2.22 bits per heavy atom. The summed E-state index contributed by atoms with van der Waals surface area (Å²) in [5.74, 6) is 0.236. The number of carbonyl (C=O) groups is 1. The molecule has 1 amide bonds. The van der Waals surface area contributed by atoms with Gasteiger partial charge in [-0.15, -0.1) is 0 Å². The van der Waals surface area contributed by atoms with Crippen molar-refractivity contribution in [3.63, 3.8) is 0 Å². The largest absolute Gasteiger partial charge is 0.472 e. The van der Waals surface area contributed by atoms with Crippen LogP contribution in [0.15, 0.2) is 23.0 Å². The predicted molar refractivity (Wildman–Crippen MR) is 67.9 cm³/mol. The zero-order chi connectivity index (χ0) is 12.4. The third kappa shape index (κ3) is 2.43. The third-order valence-corrected chi connectivity index (χ3v) is 4.35. The zero-order valence-corrected chi connectivity index (χ0v) is 10.6. The minimum Gasteiger partial charge on any atom is -0.472 e. The Balaban J connectivity index is 1.47. The molecular weight excluding hydrogens is 228 g/mol. The van der Waals surface area contributed by atoms with Crippen LogP contribution in [0.1, 0.15) is 44.1 Å². The van der Waals surface area contributed by atoms with Crippen LogP contribution in [0, 0.1) is 0 Å². The lowest BCUT2D eigenvalue weighted by molar-refractivity contribution is -0.120. The molecule has 1 spiro atoms. The summed E-state index contributed by atoms with van der Waals surface area (Å²) in [6.45, 7) is 0.876. The molecule has 0 bridgehead atoms. The molecule has 1 saturated heterocycles. The summed E-state index contributed by atoms with van der Waals surface area (Å²) < 4.78 is 5.05. The number of amides is 1. The van der Waals surface area contributed by atoms with Crippen molar-refractivity contribution in [1.29, 1.82) is 0 Å². The molecule has 1 saturated carbocycles. The maximum absolute atomic E-state index is 11.3.